The summed E-state index contributed by atoms with van der Waals surface area (Å²) in [6.07, 6.45) is 3.15. The Bertz CT molecular complexity index is 650. The van der Waals surface area contributed by atoms with E-state index >= 15 is 0 Å². The molecule has 0 unspecified atom stereocenters. The highest BCUT2D eigenvalue weighted by Crippen LogP contribution is 2.32. The van der Waals surface area contributed by atoms with Crippen LogP contribution in [-0.2, 0) is 9.59 Å². The predicted molar refractivity (Wildman–Crippen MR) is 79.8 cm³/mol. The molecule has 0 saturated carbocycles. The van der Waals surface area contributed by atoms with Gasteiger partial charge in [0.2, 0.25) is 0 Å². The Labute approximate surface area is 131 Å². The van der Waals surface area contributed by atoms with Gasteiger partial charge in [0.05, 0.1) is 17.4 Å². The summed E-state index contributed by atoms with van der Waals surface area (Å²) in [5.41, 5.74) is 0.699. The van der Waals surface area contributed by atoms with Crippen LogP contribution in [0.5, 0.6) is 5.75 Å². The number of imide groups is 1. The molecule has 0 aliphatic carbocycles. The third kappa shape index (κ3) is 3.76. The first kappa shape index (κ1) is 15.8. The zero-order valence-electron chi connectivity index (χ0n) is 11.5. The van der Waals surface area contributed by atoms with Crippen molar-refractivity contribution in [2.75, 3.05) is 13.2 Å². The number of aliphatic carboxylic acids is 1. The minimum Gasteiger partial charge on any atom is -0.548 e. The normalized spacial score (nSPS) is 16.2. The van der Waals surface area contributed by atoms with Gasteiger partial charge in [0, 0.05) is 0 Å². The van der Waals surface area contributed by atoms with Crippen molar-refractivity contribution in [1.29, 1.82) is 0 Å². The van der Waals surface area contributed by atoms with Gasteiger partial charge in [0.1, 0.15) is 12.4 Å². The molecule has 7 heteroatoms. The van der Waals surface area contributed by atoms with Gasteiger partial charge < -0.3 is 14.6 Å². The lowest BCUT2D eigenvalue weighted by Crippen LogP contribution is -2.40. The molecule has 2 amide bonds. The van der Waals surface area contributed by atoms with Crippen molar-refractivity contribution in [1.82, 2.24) is 4.90 Å². The molecule has 2 rings (SSSR count). The molecule has 0 N–H and O–H groups in total. The molecule has 1 fully saturated rings. The number of rotatable bonds is 6. The number of hydrogen-bond donors (Lipinski definition) is 0. The van der Waals surface area contributed by atoms with Crippen molar-refractivity contribution in [3.63, 3.8) is 0 Å². The molecule has 0 radical (unpaired) electrons. The molecule has 1 aromatic carbocycles. The zero-order chi connectivity index (χ0) is 16.1. The Morgan fingerprint density at radius 2 is 2.00 bits per heavy atom. The predicted octanol–water partition coefficient (Wildman–Crippen LogP) is 1.04. The summed E-state index contributed by atoms with van der Waals surface area (Å²) in [4.78, 5) is 34.9. The lowest BCUT2D eigenvalue weighted by Gasteiger charge is -2.12. The van der Waals surface area contributed by atoms with Gasteiger partial charge in [-0.05, 0) is 35.5 Å². The van der Waals surface area contributed by atoms with Crippen molar-refractivity contribution in [2.45, 2.75) is 0 Å². The van der Waals surface area contributed by atoms with Gasteiger partial charge in [-0.1, -0.05) is 24.8 Å². The third-order valence-electron chi connectivity index (χ3n) is 2.71. The number of thioether (sulfide) groups is 1. The van der Waals surface area contributed by atoms with Gasteiger partial charge in [0.15, 0.2) is 0 Å². The highest BCUT2D eigenvalue weighted by Gasteiger charge is 2.34. The van der Waals surface area contributed by atoms with Crippen molar-refractivity contribution >= 4 is 35.0 Å². The Morgan fingerprint density at radius 3 is 2.59 bits per heavy atom. The van der Waals surface area contributed by atoms with E-state index < -0.39 is 23.7 Å². The standard InChI is InChI=1S/C15H13NO5S/c1-2-7-21-11-5-3-10(4-6-11)8-12-14(19)16(9-13(17)18)15(20)22-12/h2-6,8H,1,7,9H2,(H,17,18)/p-1/b12-8+. The van der Waals surface area contributed by atoms with Crippen LogP contribution < -0.4 is 9.84 Å². The summed E-state index contributed by atoms with van der Waals surface area (Å²) < 4.78 is 5.33. The zero-order valence-corrected chi connectivity index (χ0v) is 12.3. The lowest BCUT2D eigenvalue weighted by atomic mass is 10.2. The van der Waals surface area contributed by atoms with Gasteiger partial charge in [-0.15, -0.1) is 0 Å². The van der Waals surface area contributed by atoms with E-state index in [0.29, 0.717) is 34.6 Å². The minimum absolute atomic E-state index is 0.172. The third-order valence-corrected chi connectivity index (χ3v) is 3.61. The van der Waals surface area contributed by atoms with E-state index in [0.717, 1.165) is 0 Å². The number of nitrogens with zero attached hydrogens (tertiary/aromatic N) is 1. The maximum atomic E-state index is 12.0. The van der Waals surface area contributed by atoms with E-state index in [2.05, 4.69) is 6.58 Å². The van der Waals surface area contributed by atoms with Crippen LogP contribution in [0.4, 0.5) is 4.79 Å². The van der Waals surface area contributed by atoms with E-state index in [1.54, 1.807) is 30.3 Å². The van der Waals surface area contributed by atoms with Gasteiger partial charge in [-0.3, -0.25) is 14.5 Å². The average molecular weight is 318 g/mol. The average Bonchev–Trinajstić information content (AvgIpc) is 2.74. The smallest absolute Gasteiger partial charge is 0.293 e. The first-order chi connectivity index (χ1) is 10.5. The van der Waals surface area contributed by atoms with Crippen LogP contribution in [0.15, 0.2) is 41.8 Å². The Balaban J connectivity index is 2.12. The van der Waals surface area contributed by atoms with Crippen LogP contribution in [0.1, 0.15) is 5.56 Å². The van der Waals surface area contributed by atoms with Gasteiger partial charge in [-0.2, -0.15) is 0 Å². The molecule has 22 heavy (non-hydrogen) atoms. The fourth-order valence-corrected chi connectivity index (χ4v) is 2.57. The molecule has 0 spiro atoms. The molecule has 1 aliphatic rings. The lowest BCUT2D eigenvalue weighted by molar-refractivity contribution is -0.305. The second kappa shape index (κ2) is 6.95. The molecular formula is C15H12NO5S-. The second-order valence-electron chi connectivity index (χ2n) is 4.31. The van der Waals surface area contributed by atoms with E-state index in [1.165, 1.54) is 6.08 Å². The molecule has 1 heterocycles. The summed E-state index contributed by atoms with van der Waals surface area (Å²) in [6.45, 7) is 3.20. The van der Waals surface area contributed by atoms with Crippen molar-refractivity contribution in [2.24, 2.45) is 0 Å². The molecule has 0 bridgehead atoms. The second-order valence-corrected chi connectivity index (χ2v) is 5.30. The topological polar surface area (TPSA) is 86.7 Å². The SMILES string of the molecule is C=CCOc1ccc(/C=C2/SC(=O)N(CC(=O)[O-])C2=O)cc1. The summed E-state index contributed by atoms with van der Waals surface area (Å²) in [7, 11) is 0. The van der Waals surface area contributed by atoms with Crippen LogP contribution in [0, 0.1) is 0 Å². The number of ether oxygens (including phenoxy) is 1. The first-order valence-corrected chi connectivity index (χ1v) is 7.12. The molecule has 0 atom stereocenters. The monoisotopic (exact) mass is 318 g/mol. The van der Waals surface area contributed by atoms with E-state index in [1.807, 2.05) is 0 Å². The fraction of sp³-hybridized carbons (Fsp3) is 0.133. The summed E-state index contributed by atoms with van der Waals surface area (Å²) >= 11 is 0.700. The van der Waals surface area contributed by atoms with Crippen molar-refractivity contribution in [3.05, 3.63) is 47.4 Å². The number of carboxylic acid groups (broad SMARTS) is 1. The van der Waals surface area contributed by atoms with Gasteiger partial charge >= 0.3 is 0 Å². The minimum atomic E-state index is -1.48. The number of carbonyl (C=O) groups is 3. The summed E-state index contributed by atoms with van der Waals surface area (Å²) in [5.74, 6) is -1.46. The maximum absolute atomic E-state index is 12.0. The van der Waals surface area contributed by atoms with Crippen molar-refractivity contribution < 1.29 is 24.2 Å². The molecule has 114 valence electrons. The first-order valence-electron chi connectivity index (χ1n) is 6.30. The molecule has 0 aromatic heterocycles. The summed E-state index contributed by atoms with van der Waals surface area (Å²) in [6, 6.07) is 6.90. The number of amides is 2. The molecule has 1 saturated heterocycles. The Hall–Kier alpha value is -2.54. The largest absolute Gasteiger partial charge is 0.548 e. The molecule has 6 nitrogen and oxygen atoms in total. The number of hydrogen-bond acceptors (Lipinski definition) is 6. The van der Waals surface area contributed by atoms with Crippen LogP contribution in [0.2, 0.25) is 0 Å². The van der Waals surface area contributed by atoms with Gasteiger partial charge in [0.25, 0.3) is 11.1 Å². The van der Waals surface area contributed by atoms with Crippen molar-refractivity contribution in [3.8, 4) is 5.75 Å². The van der Waals surface area contributed by atoms with Crippen LogP contribution >= 0.6 is 11.8 Å². The van der Waals surface area contributed by atoms with Gasteiger partial charge in [-0.25, -0.2) is 0 Å². The molecule has 1 aromatic rings. The van der Waals surface area contributed by atoms with E-state index in [-0.39, 0.29) is 4.91 Å². The van der Waals surface area contributed by atoms with Crippen LogP contribution in [0.25, 0.3) is 6.08 Å². The van der Waals surface area contributed by atoms with E-state index in [9.17, 15) is 19.5 Å². The number of carbonyl (C=O) groups excluding carboxylic acids is 3. The quantitative estimate of drug-likeness (QED) is 0.575. The Kier molecular flexibility index (Phi) is 5.00. The Morgan fingerprint density at radius 1 is 1.32 bits per heavy atom. The van der Waals surface area contributed by atoms with Crippen LogP contribution in [0.3, 0.4) is 0 Å². The molecule has 1 aliphatic heterocycles. The van der Waals surface area contributed by atoms with E-state index in [4.69, 9.17) is 4.74 Å². The van der Waals surface area contributed by atoms with Crippen LogP contribution in [-0.4, -0.2) is 35.2 Å². The summed E-state index contributed by atoms with van der Waals surface area (Å²) in [5, 5.41) is 9.91. The highest BCUT2D eigenvalue weighted by atomic mass is 32.2. The number of carboxylic acids is 1. The highest BCUT2D eigenvalue weighted by molar-refractivity contribution is 8.18. The maximum Gasteiger partial charge on any atom is 0.293 e. The molecular weight excluding hydrogens is 306 g/mol. The fourth-order valence-electron chi connectivity index (χ4n) is 1.73. The number of benzene rings is 1.